The van der Waals surface area contributed by atoms with E-state index < -0.39 is 11.8 Å². The molecule has 5 heterocycles. The molecule has 1 saturated heterocycles. The molecule has 0 N–H and O–H groups in total. The third-order valence-electron chi connectivity index (χ3n) is 4.79. The number of fused-ring (bicyclic) bond motifs is 1. The molecule has 7 nitrogen and oxygen atoms in total. The maximum absolute atomic E-state index is 14.3. The lowest BCUT2D eigenvalue weighted by atomic mass is 10.1. The van der Waals surface area contributed by atoms with Gasteiger partial charge in [-0.15, -0.1) is 0 Å². The van der Waals surface area contributed by atoms with Crippen LogP contribution in [0.3, 0.4) is 0 Å². The Hall–Kier alpha value is -3.36. The van der Waals surface area contributed by atoms with E-state index in [0.717, 1.165) is 24.2 Å². The molecule has 0 saturated carbocycles. The lowest BCUT2D eigenvalue weighted by molar-refractivity contribution is 0.518. The zero-order valence-corrected chi connectivity index (χ0v) is 16.2. The number of anilines is 1. The number of pyridine rings is 1. The van der Waals surface area contributed by atoms with E-state index in [1.54, 1.807) is 27.8 Å². The standard InChI is InChI=1S/C18H15F2N7.C2H6/c19-12-4-5-15(20)23-17(12)13-3-1-8-25(13)16-6-10-27-18(24-16)14(11-22-27)26-9-2-7-21-26;1-2/h2,4-7,9-11,13H,1,3,8H2;1-2H3. The minimum atomic E-state index is -0.682. The van der Waals surface area contributed by atoms with Gasteiger partial charge in [0.1, 0.15) is 23.0 Å². The van der Waals surface area contributed by atoms with Gasteiger partial charge in [0.05, 0.1) is 12.2 Å². The van der Waals surface area contributed by atoms with Crippen molar-refractivity contribution >= 4 is 11.5 Å². The van der Waals surface area contributed by atoms with Crippen molar-refractivity contribution in [1.82, 2.24) is 29.4 Å². The quantitative estimate of drug-likeness (QED) is 0.490. The molecule has 0 aromatic carbocycles. The van der Waals surface area contributed by atoms with Crippen LogP contribution in [-0.2, 0) is 0 Å². The first-order valence-corrected chi connectivity index (χ1v) is 9.64. The fraction of sp³-hybridized carbons (Fsp3) is 0.300. The summed E-state index contributed by atoms with van der Waals surface area (Å²) in [5.41, 5.74) is 1.50. The summed E-state index contributed by atoms with van der Waals surface area (Å²) in [5.74, 6) is -0.515. The molecule has 4 aromatic rings. The molecule has 1 aliphatic rings. The van der Waals surface area contributed by atoms with Crippen molar-refractivity contribution in [3.63, 3.8) is 0 Å². The molecule has 0 spiro atoms. The van der Waals surface area contributed by atoms with E-state index in [9.17, 15) is 8.78 Å². The van der Waals surface area contributed by atoms with E-state index in [2.05, 4.69) is 15.2 Å². The van der Waals surface area contributed by atoms with Crippen molar-refractivity contribution in [2.45, 2.75) is 32.7 Å². The van der Waals surface area contributed by atoms with E-state index in [0.29, 0.717) is 24.4 Å². The van der Waals surface area contributed by atoms with Crippen molar-refractivity contribution in [2.75, 3.05) is 11.4 Å². The van der Waals surface area contributed by atoms with E-state index in [1.807, 2.05) is 37.1 Å². The molecule has 1 fully saturated rings. The summed E-state index contributed by atoms with van der Waals surface area (Å²) >= 11 is 0. The van der Waals surface area contributed by atoms with Gasteiger partial charge in [-0.25, -0.2) is 23.6 Å². The highest BCUT2D eigenvalue weighted by Gasteiger charge is 2.31. The highest BCUT2D eigenvalue weighted by Crippen LogP contribution is 2.35. The highest BCUT2D eigenvalue weighted by atomic mass is 19.1. The van der Waals surface area contributed by atoms with Crippen LogP contribution in [-0.4, -0.2) is 35.9 Å². The minimum absolute atomic E-state index is 0.120. The summed E-state index contributed by atoms with van der Waals surface area (Å²) < 4.78 is 31.2. The van der Waals surface area contributed by atoms with Crippen LogP contribution in [0.4, 0.5) is 14.6 Å². The lowest BCUT2D eigenvalue weighted by Crippen LogP contribution is -2.25. The lowest BCUT2D eigenvalue weighted by Gasteiger charge is -2.25. The first kappa shape index (κ1) is 19.0. The van der Waals surface area contributed by atoms with E-state index >= 15 is 0 Å². The van der Waals surface area contributed by atoms with Gasteiger partial charge < -0.3 is 4.90 Å². The Morgan fingerprint density at radius 2 is 1.90 bits per heavy atom. The Balaban J connectivity index is 0.000000994. The summed E-state index contributed by atoms with van der Waals surface area (Å²) in [7, 11) is 0. The van der Waals surface area contributed by atoms with Gasteiger partial charge in [0.15, 0.2) is 5.65 Å². The molecular formula is C20H21F2N7. The van der Waals surface area contributed by atoms with Gasteiger partial charge in [-0.05, 0) is 37.1 Å². The normalized spacial score (nSPS) is 16.1. The number of aromatic nitrogens is 6. The zero-order valence-electron chi connectivity index (χ0n) is 16.2. The van der Waals surface area contributed by atoms with Gasteiger partial charge >= 0.3 is 0 Å². The predicted molar refractivity (Wildman–Crippen MR) is 105 cm³/mol. The Morgan fingerprint density at radius 3 is 2.69 bits per heavy atom. The summed E-state index contributed by atoms with van der Waals surface area (Å²) in [6, 6.07) is 5.44. The van der Waals surface area contributed by atoms with Crippen molar-refractivity contribution in [3.8, 4) is 5.69 Å². The molecule has 0 radical (unpaired) electrons. The Bertz CT molecular complexity index is 1110. The van der Waals surface area contributed by atoms with Gasteiger partial charge in [-0.1, -0.05) is 13.8 Å². The highest BCUT2D eigenvalue weighted by molar-refractivity contribution is 5.61. The summed E-state index contributed by atoms with van der Waals surface area (Å²) in [5, 5.41) is 8.53. The van der Waals surface area contributed by atoms with Crippen LogP contribution in [0.15, 0.2) is 49.1 Å². The average molecular weight is 397 g/mol. The van der Waals surface area contributed by atoms with Gasteiger partial charge in [0.25, 0.3) is 0 Å². The molecule has 4 aromatic heterocycles. The molecule has 9 heteroatoms. The van der Waals surface area contributed by atoms with Gasteiger partial charge in [0, 0.05) is 25.1 Å². The maximum atomic E-state index is 14.3. The van der Waals surface area contributed by atoms with Gasteiger partial charge in [0.2, 0.25) is 5.95 Å². The van der Waals surface area contributed by atoms with Gasteiger partial charge in [-0.2, -0.15) is 14.6 Å². The molecule has 150 valence electrons. The molecule has 1 unspecified atom stereocenters. The van der Waals surface area contributed by atoms with Crippen molar-refractivity contribution in [1.29, 1.82) is 0 Å². The van der Waals surface area contributed by atoms with E-state index in [4.69, 9.17) is 4.98 Å². The Morgan fingerprint density at radius 1 is 1.03 bits per heavy atom. The molecular weight excluding hydrogens is 376 g/mol. The summed E-state index contributed by atoms with van der Waals surface area (Å²) in [4.78, 5) is 10.5. The molecule has 29 heavy (non-hydrogen) atoms. The first-order chi connectivity index (χ1) is 14.2. The Labute approximate surface area is 166 Å². The average Bonchev–Trinajstić information content (AvgIpc) is 3.50. The van der Waals surface area contributed by atoms with Crippen molar-refractivity contribution in [3.05, 3.63) is 66.5 Å². The number of hydrogen-bond donors (Lipinski definition) is 0. The molecule has 5 rings (SSSR count). The van der Waals surface area contributed by atoms with E-state index in [1.165, 1.54) is 0 Å². The molecule has 0 bridgehead atoms. The smallest absolute Gasteiger partial charge is 0.213 e. The van der Waals surface area contributed by atoms with Gasteiger partial charge in [-0.3, -0.25) is 0 Å². The molecule has 0 amide bonds. The van der Waals surface area contributed by atoms with Crippen LogP contribution in [0, 0.1) is 11.8 Å². The van der Waals surface area contributed by atoms with Crippen LogP contribution < -0.4 is 4.90 Å². The van der Waals surface area contributed by atoms with Crippen LogP contribution in [0.1, 0.15) is 38.4 Å². The van der Waals surface area contributed by atoms with Crippen LogP contribution in [0.5, 0.6) is 0 Å². The topological polar surface area (TPSA) is 64.1 Å². The number of nitrogens with zero attached hydrogens (tertiary/aromatic N) is 7. The molecule has 1 aliphatic heterocycles. The second kappa shape index (κ2) is 7.94. The monoisotopic (exact) mass is 397 g/mol. The predicted octanol–water partition coefficient (Wildman–Crippen LogP) is 3.96. The molecule has 1 atom stereocenters. The first-order valence-electron chi connectivity index (χ1n) is 9.64. The maximum Gasteiger partial charge on any atom is 0.213 e. The van der Waals surface area contributed by atoms with Crippen molar-refractivity contribution in [2.24, 2.45) is 0 Å². The van der Waals surface area contributed by atoms with Crippen molar-refractivity contribution < 1.29 is 8.78 Å². The minimum Gasteiger partial charge on any atom is -0.348 e. The SMILES string of the molecule is CC.Fc1ccc(F)c(C2CCCN2c2ccn3ncc(-n4cccn4)c3n2)n1. The third-order valence-corrected chi connectivity index (χ3v) is 4.79. The fourth-order valence-electron chi connectivity index (χ4n) is 3.57. The summed E-state index contributed by atoms with van der Waals surface area (Å²) in [6.45, 7) is 4.69. The fourth-order valence-corrected chi connectivity index (χ4v) is 3.57. The number of rotatable bonds is 3. The largest absolute Gasteiger partial charge is 0.348 e. The number of hydrogen-bond acceptors (Lipinski definition) is 5. The summed E-state index contributed by atoms with van der Waals surface area (Å²) in [6.07, 6.45) is 8.52. The number of halogens is 2. The van der Waals surface area contributed by atoms with Crippen LogP contribution >= 0.6 is 0 Å². The van der Waals surface area contributed by atoms with Crippen LogP contribution in [0.25, 0.3) is 11.3 Å². The zero-order chi connectivity index (χ0) is 20.4. The Kier molecular flexibility index (Phi) is 5.20. The second-order valence-corrected chi connectivity index (χ2v) is 6.39. The third kappa shape index (κ3) is 3.43. The van der Waals surface area contributed by atoms with Crippen LogP contribution in [0.2, 0.25) is 0 Å². The second-order valence-electron chi connectivity index (χ2n) is 6.39. The van der Waals surface area contributed by atoms with E-state index in [-0.39, 0.29) is 11.7 Å². The molecule has 0 aliphatic carbocycles.